The summed E-state index contributed by atoms with van der Waals surface area (Å²) >= 11 is 0. The van der Waals surface area contributed by atoms with E-state index in [0.717, 1.165) is 32.1 Å². The lowest BCUT2D eigenvalue weighted by atomic mass is 10.0. The Kier molecular flexibility index (Phi) is 27.8. The van der Waals surface area contributed by atoms with E-state index in [1.54, 1.807) is 0 Å². The molecule has 31 heavy (non-hydrogen) atoms. The lowest BCUT2D eigenvalue weighted by Gasteiger charge is -2.13. The second-order valence-electron chi connectivity index (χ2n) is 8.89. The Hall–Kier alpha value is -0.170. The minimum Gasteiger partial charge on any atom is -0.305 e. The van der Waals surface area contributed by atoms with Crippen LogP contribution in [0.4, 0.5) is 0 Å². The average molecular weight is 466 g/mol. The highest BCUT2D eigenvalue weighted by Gasteiger charge is 2.21. The molecular formula is C25H55NO4S. The van der Waals surface area contributed by atoms with Gasteiger partial charge in [-0.25, -0.2) is 5.90 Å². The summed E-state index contributed by atoms with van der Waals surface area (Å²) in [7, 11) is -3.88. The maximum Gasteiger partial charge on any atom is 0.267 e. The Morgan fingerprint density at radius 3 is 1.16 bits per heavy atom. The Balaban J connectivity index is 0. The van der Waals surface area contributed by atoms with E-state index in [4.69, 9.17) is 0 Å². The van der Waals surface area contributed by atoms with Gasteiger partial charge in [0, 0.05) is 0 Å². The van der Waals surface area contributed by atoms with Crippen LogP contribution in [0.3, 0.4) is 0 Å². The lowest BCUT2D eigenvalue weighted by molar-refractivity contribution is 0.138. The van der Waals surface area contributed by atoms with Crippen LogP contribution >= 0.6 is 0 Å². The predicted octanol–water partition coefficient (Wildman–Crippen LogP) is 7.98. The van der Waals surface area contributed by atoms with Crippen molar-refractivity contribution in [1.82, 2.24) is 0 Å². The van der Waals surface area contributed by atoms with Crippen LogP contribution in [0.1, 0.15) is 149 Å². The molecule has 0 aliphatic rings. The smallest absolute Gasteiger partial charge is 0.267 e. The second kappa shape index (κ2) is 26.1. The molecule has 0 saturated carbocycles. The molecule has 0 heterocycles. The molecule has 1 unspecified atom stereocenters. The van der Waals surface area contributed by atoms with Crippen LogP contribution in [0.15, 0.2) is 0 Å². The lowest BCUT2D eigenvalue weighted by Crippen LogP contribution is -2.20. The van der Waals surface area contributed by atoms with Crippen LogP contribution < -0.4 is 5.90 Å². The molecule has 0 fully saturated rings. The Bertz CT molecular complexity index is 427. The van der Waals surface area contributed by atoms with Gasteiger partial charge in [-0.2, -0.15) is 8.42 Å². The van der Waals surface area contributed by atoms with Crippen molar-refractivity contribution in [3.63, 3.8) is 0 Å². The van der Waals surface area contributed by atoms with Gasteiger partial charge in [-0.15, -0.1) is 0 Å². The zero-order valence-corrected chi connectivity index (χ0v) is 21.9. The Labute approximate surface area is 195 Å². The van der Waals surface area contributed by atoms with Crippen LogP contribution in [-0.4, -0.2) is 24.8 Å². The van der Waals surface area contributed by atoms with Crippen LogP contribution in [0.25, 0.3) is 0 Å². The van der Waals surface area contributed by atoms with E-state index in [0.29, 0.717) is 19.4 Å². The first-order valence-electron chi connectivity index (χ1n) is 13.2. The number of unbranched alkanes of at least 4 members (excludes halogenated alkanes) is 15. The Morgan fingerprint density at radius 2 is 0.935 bits per heavy atom. The van der Waals surface area contributed by atoms with Crippen LogP contribution in [-0.2, 0) is 15.0 Å². The van der Waals surface area contributed by atoms with Crippen molar-refractivity contribution >= 4 is 10.1 Å². The second-order valence-corrected chi connectivity index (χ2v) is 10.6. The fourth-order valence-electron chi connectivity index (χ4n) is 3.75. The molecule has 190 valence electrons. The molecular weight excluding hydrogens is 410 g/mol. The van der Waals surface area contributed by atoms with Gasteiger partial charge in [0.2, 0.25) is 0 Å². The summed E-state index contributed by atoms with van der Waals surface area (Å²) in [5.41, 5.74) is 0. The molecule has 0 bridgehead atoms. The first kappa shape index (κ1) is 33.0. The van der Waals surface area contributed by atoms with Gasteiger partial charge in [0.25, 0.3) is 10.1 Å². The summed E-state index contributed by atoms with van der Waals surface area (Å²) in [6, 6.07) is 0. The van der Waals surface area contributed by atoms with Gasteiger partial charge in [0.05, 0.1) is 11.9 Å². The van der Waals surface area contributed by atoms with Crippen molar-refractivity contribution < 1.29 is 17.8 Å². The maximum absolute atomic E-state index is 11.6. The minimum atomic E-state index is -3.88. The van der Waals surface area contributed by atoms with Crippen molar-refractivity contribution in [2.75, 3.05) is 6.61 Å². The minimum absolute atomic E-state index is 0.535. The SMILES string of the molecule is CCCCCCCCCCCC(CCCCCCCCCC)S(=O)(=O)O.CCCON. The number of rotatable bonds is 22. The third-order valence-electron chi connectivity index (χ3n) is 5.75. The summed E-state index contributed by atoms with van der Waals surface area (Å²) in [6.07, 6.45) is 23.0. The molecule has 0 radical (unpaired) electrons. The number of hydrogen-bond donors (Lipinski definition) is 2. The van der Waals surface area contributed by atoms with Gasteiger partial charge in [-0.1, -0.05) is 130 Å². The van der Waals surface area contributed by atoms with E-state index in [-0.39, 0.29) is 0 Å². The van der Waals surface area contributed by atoms with Gasteiger partial charge in [-0.05, 0) is 19.3 Å². The largest absolute Gasteiger partial charge is 0.305 e. The van der Waals surface area contributed by atoms with Gasteiger partial charge in [0.15, 0.2) is 0 Å². The summed E-state index contributed by atoms with van der Waals surface area (Å²) in [5, 5.41) is -0.535. The van der Waals surface area contributed by atoms with Gasteiger partial charge in [0.1, 0.15) is 0 Å². The average Bonchev–Trinajstić information content (AvgIpc) is 2.73. The molecule has 0 saturated heterocycles. The highest BCUT2D eigenvalue weighted by Crippen LogP contribution is 2.19. The van der Waals surface area contributed by atoms with E-state index < -0.39 is 15.4 Å². The molecule has 6 heteroatoms. The van der Waals surface area contributed by atoms with Crippen LogP contribution in [0.5, 0.6) is 0 Å². The monoisotopic (exact) mass is 465 g/mol. The van der Waals surface area contributed by atoms with E-state index >= 15 is 0 Å². The van der Waals surface area contributed by atoms with Crippen molar-refractivity contribution in [1.29, 1.82) is 0 Å². The van der Waals surface area contributed by atoms with Gasteiger partial charge < -0.3 is 4.84 Å². The van der Waals surface area contributed by atoms with Crippen molar-refractivity contribution in [3.8, 4) is 0 Å². The van der Waals surface area contributed by atoms with Crippen LogP contribution in [0, 0.1) is 0 Å². The zero-order chi connectivity index (χ0) is 23.6. The molecule has 0 aromatic carbocycles. The van der Waals surface area contributed by atoms with Gasteiger partial charge >= 0.3 is 0 Å². The van der Waals surface area contributed by atoms with Crippen molar-refractivity contribution in [3.05, 3.63) is 0 Å². The molecule has 1 atom stereocenters. The number of hydrogen-bond acceptors (Lipinski definition) is 4. The number of nitrogens with two attached hydrogens (primary N) is 1. The fourth-order valence-corrected chi connectivity index (χ4v) is 4.68. The highest BCUT2D eigenvalue weighted by atomic mass is 32.2. The molecule has 0 aromatic heterocycles. The van der Waals surface area contributed by atoms with E-state index in [1.165, 1.54) is 83.5 Å². The standard InChI is InChI=1S/C22H46O3S.C3H9NO/c1-3-5-7-9-11-13-15-17-19-21-22(26(23,24)25)20-18-16-14-12-10-8-6-4-2;1-2-3-5-4/h22H,3-21H2,1-2H3,(H,23,24,25);2-4H2,1H3. The van der Waals surface area contributed by atoms with E-state index in [2.05, 4.69) is 24.6 Å². The normalized spacial score (nSPS) is 12.4. The molecule has 0 aromatic rings. The summed E-state index contributed by atoms with van der Waals surface area (Å²) in [5.74, 6) is 4.64. The molecule has 3 N–H and O–H groups in total. The zero-order valence-electron chi connectivity index (χ0n) is 21.1. The third-order valence-corrected chi connectivity index (χ3v) is 7.07. The van der Waals surface area contributed by atoms with Crippen molar-refractivity contribution in [2.24, 2.45) is 5.90 Å². The molecule has 0 aliphatic carbocycles. The molecule has 5 nitrogen and oxygen atoms in total. The highest BCUT2D eigenvalue weighted by molar-refractivity contribution is 7.86. The molecule has 0 rings (SSSR count). The fraction of sp³-hybridized carbons (Fsp3) is 1.00. The van der Waals surface area contributed by atoms with E-state index in [1.807, 2.05) is 6.92 Å². The predicted molar refractivity (Wildman–Crippen MR) is 135 cm³/mol. The molecule has 0 spiro atoms. The van der Waals surface area contributed by atoms with Crippen molar-refractivity contribution in [2.45, 2.75) is 154 Å². The quantitative estimate of drug-likeness (QED) is 0.0960. The maximum atomic E-state index is 11.6. The van der Waals surface area contributed by atoms with E-state index in [9.17, 15) is 13.0 Å². The van der Waals surface area contributed by atoms with Gasteiger partial charge in [-0.3, -0.25) is 4.55 Å². The summed E-state index contributed by atoms with van der Waals surface area (Å²) in [6.45, 7) is 7.13. The summed E-state index contributed by atoms with van der Waals surface area (Å²) < 4.78 is 32.7. The topological polar surface area (TPSA) is 89.6 Å². The Morgan fingerprint density at radius 1 is 0.613 bits per heavy atom. The summed E-state index contributed by atoms with van der Waals surface area (Å²) in [4.78, 5) is 4.19. The first-order valence-corrected chi connectivity index (χ1v) is 14.7. The van der Waals surface area contributed by atoms with Crippen LogP contribution in [0.2, 0.25) is 0 Å². The third kappa shape index (κ3) is 27.8. The first-order chi connectivity index (χ1) is 14.9. The molecule has 0 aliphatic heterocycles. The molecule has 0 amide bonds.